The van der Waals surface area contributed by atoms with Crippen molar-refractivity contribution in [1.82, 2.24) is 35.1 Å². The van der Waals surface area contributed by atoms with Crippen LogP contribution >= 0.6 is 34.8 Å². The van der Waals surface area contributed by atoms with E-state index in [9.17, 15) is 0 Å². The summed E-state index contributed by atoms with van der Waals surface area (Å²) in [5.74, 6) is 0.691. The number of tetrazole rings is 1. The highest BCUT2D eigenvalue weighted by atomic mass is 35.5. The van der Waals surface area contributed by atoms with Crippen molar-refractivity contribution in [2.75, 3.05) is 6.54 Å². The van der Waals surface area contributed by atoms with Crippen LogP contribution in [0.2, 0.25) is 15.1 Å². The molecule has 0 radical (unpaired) electrons. The number of hydrogen-bond acceptors (Lipinski definition) is 5. The zero-order chi connectivity index (χ0) is 21.6. The SMILES string of the molecule is Clc1ccc(Cn2nnnc2C(NCCCn2ccnc2)c2ccc(Cl)c(Cl)c2)cc1. The average molecular weight is 477 g/mol. The minimum Gasteiger partial charge on any atom is -0.337 e. The van der Waals surface area contributed by atoms with Crippen molar-refractivity contribution in [3.8, 4) is 0 Å². The summed E-state index contributed by atoms with van der Waals surface area (Å²) in [6.45, 7) is 2.13. The Bertz CT molecular complexity index is 1110. The number of aryl methyl sites for hydroxylation is 1. The number of rotatable bonds is 9. The molecule has 4 rings (SSSR count). The third-order valence-electron chi connectivity index (χ3n) is 4.84. The maximum Gasteiger partial charge on any atom is 0.173 e. The molecule has 0 aliphatic carbocycles. The number of nitrogens with one attached hydrogen (secondary N) is 1. The molecule has 31 heavy (non-hydrogen) atoms. The van der Waals surface area contributed by atoms with Gasteiger partial charge in [0, 0.05) is 24.0 Å². The molecule has 0 saturated carbocycles. The van der Waals surface area contributed by atoms with E-state index in [0.717, 1.165) is 30.6 Å². The van der Waals surface area contributed by atoms with E-state index in [0.29, 0.717) is 27.4 Å². The van der Waals surface area contributed by atoms with Gasteiger partial charge in [-0.05, 0) is 58.8 Å². The molecule has 4 aromatic rings. The van der Waals surface area contributed by atoms with Gasteiger partial charge in [-0.1, -0.05) is 53.0 Å². The molecule has 7 nitrogen and oxygen atoms in total. The highest BCUT2D eigenvalue weighted by Crippen LogP contribution is 2.28. The van der Waals surface area contributed by atoms with Gasteiger partial charge in [-0.25, -0.2) is 9.67 Å². The predicted octanol–water partition coefficient (Wildman–Crippen LogP) is 4.65. The summed E-state index contributed by atoms with van der Waals surface area (Å²) in [5, 5.41) is 17.7. The lowest BCUT2D eigenvalue weighted by molar-refractivity contribution is 0.502. The van der Waals surface area contributed by atoms with E-state index in [2.05, 4.69) is 25.8 Å². The molecule has 1 atom stereocenters. The fraction of sp³-hybridized carbons (Fsp3) is 0.238. The molecule has 1 unspecified atom stereocenters. The van der Waals surface area contributed by atoms with Crippen LogP contribution < -0.4 is 5.32 Å². The molecular weight excluding hydrogens is 457 g/mol. The lowest BCUT2D eigenvalue weighted by Gasteiger charge is -2.19. The largest absolute Gasteiger partial charge is 0.337 e. The van der Waals surface area contributed by atoms with Crippen LogP contribution in [-0.2, 0) is 13.1 Å². The van der Waals surface area contributed by atoms with Crippen LogP contribution in [-0.4, -0.2) is 36.3 Å². The average Bonchev–Trinajstić information content (AvgIpc) is 3.44. The van der Waals surface area contributed by atoms with Gasteiger partial charge in [0.25, 0.3) is 0 Å². The lowest BCUT2D eigenvalue weighted by Crippen LogP contribution is -2.27. The summed E-state index contributed by atoms with van der Waals surface area (Å²) >= 11 is 18.4. The van der Waals surface area contributed by atoms with Gasteiger partial charge in [0.05, 0.1) is 29.0 Å². The van der Waals surface area contributed by atoms with E-state index in [4.69, 9.17) is 34.8 Å². The van der Waals surface area contributed by atoms with Crippen LogP contribution in [0.5, 0.6) is 0 Å². The number of aromatic nitrogens is 6. The molecule has 160 valence electrons. The third kappa shape index (κ3) is 5.62. The normalized spacial score (nSPS) is 12.2. The number of nitrogens with zero attached hydrogens (tertiary/aromatic N) is 6. The third-order valence-corrected chi connectivity index (χ3v) is 5.83. The predicted molar refractivity (Wildman–Crippen MR) is 122 cm³/mol. The van der Waals surface area contributed by atoms with Gasteiger partial charge < -0.3 is 9.88 Å². The zero-order valence-corrected chi connectivity index (χ0v) is 18.8. The Balaban J connectivity index is 1.55. The van der Waals surface area contributed by atoms with Crippen molar-refractivity contribution in [1.29, 1.82) is 0 Å². The fourth-order valence-corrected chi connectivity index (χ4v) is 3.70. The van der Waals surface area contributed by atoms with Crippen LogP contribution in [0, 0.1) is 0 Å². The van der Waals surface area contributed by atoms with Crippen LogP contribution in [0.1, 0.15) is 29.4 Å². The van der Waals surface area contributed by atoms with E-state index in [-0.39, 0.29) is 6.04 Å². The number of imidazole rings is 1. The van der Waals surface area contributed by atoms with E-state index < -0.39 is 0 Å². The smallest absolute Gasteiger partial charge is 0.173 e. The van der Waals surface area contributed by atoms with E-state index in [1.54, 1.807) is 16.9 Å². The Morgan fingerprint density at radius 1 is 1.00 bits per heavy atom. The van der Waals surface area contributed by atoms with E-state index >= 15 is 0 Å². The minimum absolute atomic E-state index is 0.250. The van der Waals surface area contributed by atoms with Gasteiger partial charge in [-0.2, -0.15) is 0 Å². The molecule has 0 saturated heterocycles. The van der Waals surface area contributed by atoms with Crippen molar-refractivity contribution in [3.05, 3.63) is 93.2 Å². The molecule has 0 aliphatic heterocycles. The van der Waals surface area contributed by atoms with Crippen molar-refractivity contribution < 1.29 is 0 Å². The molecule has 2 aromatic carbocycles. The number of benzene rings is 2. The Morgan fingerprint density at radius 3 is 2.58 bits per heavy atom. The summed E-state index contributed by atoms with van der Waals surface area (Å²) in [6.07, 6.45) is 6.44. The maximum absolute atomic E-state index is 6.29. The second-order valence-electron chi connectivity index (χ2n) is 7.04. The van der Waals surface area contributed by atoms with Gasteiger partial charge in [0.2, 0.25) is 0 Å². The van der Waals surface area contributed by atoms with Crippen molar-refractivity contribution >= 4 is 34.8 Å². The second kappa shape index (κ2) is 10.2. The van der Waals surface area contributed by atoms with Crippen LogP contribution in [0.25, 0.3) is 0 Å². The zero-order valence-electron chi connectivity index (χ0n) is 16.5. The Labute approximate surface area is 195 Å². The summed E-state index contributed by atoms with van der Waals surface area (Å²) < 4.78 is 3.82. The highest BCUT2D eigenvalue weighted by Gasteiger charge is 2.22. The molecule has 0 bridgehead atoms. The quantitative estimate of drug-likeness (QED) is 0.356. The van der Waals surface area contributed by atoms with Gasteiger partial charge >= 0.3 is 0 Å². The lowest BCUT2D eigenvalue weighted by atomic mass is 10.1. The van der Waals surface area contributed by atoms with Crippen molar-refractivity contribution in [2.45, 2.75) is 25.6 Å². The topological polar surface area (TPSA) is 73.5 Å². The van der Waals surface area contributed by atoms with Gasteiger partial charge in [-0.15, -0.1) is 5.10 Å². The molecule has 0 amide bonds. The monoisotopic (exact) mass is 475 g/mol. The van der Waals surface area contributed by atoms with Gasteiger partial charge in [-0.3, -0.25) is 0 Å². The van der Waals surface area contributed by atoms with Crippen molar-refractivity contribution in [3.63, 3.8) is 0 Å². The molecule has 0 fully saturated rings. The summed E-state index contributed by atoms with van der Waals surface area (Å²) in [4.78, 5) is 4.08. The fourth-order valence-electron chi connectivity index (χ4n) is 3.27. The highest BCUT2D eigenvalue weighted by molar-refractivity contribution is 6.42. The molecule has 2 heterocycles. The molecule has 0 spiro atoms. The Morgan fingerprint density at radius 2 is 1.84 bits per heavy atom. The summed E-state index contributed by atoms with van der Waals surface area (Å²) in [6, 6.07) is 12.9. The first-order valence-electron chi connectivity index (χ1n) is 9.75. The van der Waals surface area contributed by atoms with Gasteiger partial charge in [0.15, 0.2) is 5.82 Å². The molecule has 0 aliphatic rings. The Hall–Kier alpha value is -2.45. The Kier molecular flexibility index (Phi) is 7.19. The molecule has 10 heteroatoms. The summed E-state index contributed by atoms with van der Waals surface area (Å²) in [7, 11) is 0. The van der Waals surface area contributed by atoms with Crippen LogP contribution in [0.4, 0.5) is 0 Å². The first-order valence-corrected chi connectivity index (χ1v) is 10.9. The summed E-state index contributed by atoms with van der Waals surface area (Å²) in [5.41, 5.74) is 1.98. The number of hydrogen-bond donors (Lipinski definition) is 1. The second-order valence-corrected chi connectivity index (χ2v) is 8.29. The molecule has 1 N–H and O–H groups in total. The van der Waals surface area contributed by atoms with Crippen LogP contribution in [0.15, 0.2) is 61.2 Å². The van der Waals surface area contributed by atoms with Crippen molar-refractivity contribution in [2.24, 2.45) is 0 Å². The van der Waals surface area contributed by atoms with E-state index in [1.165, 1.54) is 0 Å². The maximum atomic E-state index is 6.29. The first kappa shape index (κ1) is 21.8. The van der Waals surface area contributed by atoms with E-state index in [1.807, 2.05) is 53.5 Å². The molecular formula is C21H20Cl3N7. The first-order chi connectivity index (χ1) is 15.1. The van der Waals surface area contributed by atoms with Gasteiger partial charge in [0.1, 0.15) is 0 Å². The number of halogens is 3. The van der Waals surface area contributed by atoms with Crippen LogP contribution in [0.3, 0.4) is 0 Å². The minimum atomic E-state index is -0.250. The molecule has 2 aromatic heterocycles. The standard InChI is InChI=1S/C21H20Cl3N7/c22-17-5-2-15(3-6-17)13-31-21(27-28-29-31)20(16-4-7-18(23)19(24)12-16)26-8-1-10-30-11-9-25-14-30/h2-7,9,11-12,14,20,26H,1,8,10,13H2.